The molecule has 1 aliphatic rings. The molecule has 1 fully saturated rings. The maximum Gasteiger partial charge on any atom is 0.261 e. The van der Waals surface area contributed by atoms with Gasteiger partial charge in [-0.25, -0.2) is 4.98 Å². The second kappa shape index (κ2) is 5.63. The van der Waals surface area contributed by atoms with Crippen LogP contribution in [0.25, 0.3) is 10.9 Å². The molecule has 1 N–H and O–H groups in total. The number of benzene rings is 1. The van der Waals surface area contributed by atoms with Crippen LogP contribution in [0.1, 0.15) is 12.8 Å². The number of rotatable bonds is 3. The van der Waals surface area contributed by atoms with Crippen LogP contribution < -0.4 is 15.6 Å². The van der Waals surface area contributed by atoms with Gasteiger partial charge in [-0.3, -0.25) is 9.36 Å². The molecular formula is C15H19N3O2. The van der Waals surface area contributed by atoms with Crippen molar-refractivity contribution in [2.75, 3.05) is 20.2 Å². The van der Waals surface area contributed by atoms with Crippen molar-refractivity contribution in [2.24, 2.45) is 5.92 Å². The molecule has 2 heterocycles. The van der Waals surface area contributed by atoms with Crippen LogP contribution in [-0.4, -0.2) is 29.8 Å². The third-order valence-electron chi connectivity index (χ3n) is 3.89. The Morgan fingerprint density at radius 2 is 2.40 bits per heavy atom. The highest BCUT2D eigenvalue weighted by Gasteiger charge is 2.15. The fourth-order valence-corrected chi connectivity index (χ4v) is 2.75. The van der Waals surface area contributed by atoms with E-state index in [1.165, 1.54) is 12.8 Å². The molecule has 2 aromatic rings. The number of nitrogens with one attached hydrogen (secondary N) is 1. The molecule has 20 heavy (non-hydrogen) atoms. The molecule has 1 saturated heterocycles. The number of hydrogen-bond donors (Lipinski definition) is 1. The summed E-state index contributed by atoms with van der Waals surface area (Å²) in [5.74, 6) is 1.23. The molecule has 0 radical (unpaired) electrons. The van der Waals surface area contributed by atoms with Gasteiger partial charge in [-0.15, -0.1) is 0 Å². The molecule has 0 spiro atoms. The minimum absolute atomic E-state index is 0.0308. The molecule has 1 aromatic carbocycles. The summed E-state index contributed by atoms with van der Waals surface area (Å²) in [6.07, 6.45) is 4.00. The van der Waals surface area contributed by atoms with Gasteiger partial charge in [-0.2, -0.15) is 0 Å². The van der Waals surface area contributed by atoms with Crippen LogP contribution in [0.5, 0.6) is 5.75 Å². The Hall–Kier alpha value is -1.88. The van der Waals surface area contributed by atoms with Crippen LogP contribution in [0.3, 0.4) is 0 Å². The Labute approximate surface area is 117 Å². The van der Waals surface area contributed by atoms with E-state index in [1.54, 1.807) is 36.2 Å². The number of hydrogen-bond acceptors (Lipinski definition) is 4. The first-order chi connectivity index (χ1) is 9.78. The summed E-state index contributed by atoms with van der Waals surface area (Å²) >= 11 is 0. The smallest absolute Gasteiger partial charge is 0.261 e. The minimum Gasteiger partial charge on any atom is -0.497 e. The molecule has 1 atom stereocenters. The highest BCUT2D eigenvalue weighted by Crippen LogP contribution is 2.17. The first-order valence-corrected chi connectivity index (χ1v) is 7.02. The molecule has 0 aliphatic carbocycles. The maximum atomic E-state index is 12.5. The van der Waals surface area contributed by atoms with E-state index in [0.29, 0.717) is 16.8 Å². The maximum absolute atomic E-state index is 12.5. The van der Waals surface area contributed by atoms with Crippen molar-refractivity contribution in [1.82, 2.24) is 14.9 Å². The SMILES string of the molecule is COc1ccc2c(=O)n(CC3CCCNC3)cnc2c1. The first-order valence-electron chi connectivity index (χ1n) is 7.02. The van der Waals surface area contributed by atoms with Gasteiger partial charge in [0.25, 0.3) is 5.56 Å². The Balaban J connectivity index is 1.92. The van der Waals surface area contributed by atoms with Gasteiger partial charge in [0.2, 0.25) is 0 Å². The van der Waals surface area contributed by atoms with Crippen LogP contribution in [0.15, 0.2) is 29.3 Å². The van der Waals surface area contributed by atoms with E-state index >= 15 is 0 Å². The average molecular weight is 273 g/mol. The van der Waals surface area contributed by atoms with E-state index in [2.05, 4.69) is 10.3 Å². The van der Waals surface area contributed by atoms with E-state index in [-0.39, 0.29) is 5.56 Å². The lowest BCUT2D eigenvalue weighted by Gasteiger charge is -2.23. The van der Waals surface area contributed by atoms with Crippen molar-refractivity contribution in [2.45, 2.75) is 19.4 Å². The Morgan fingerprint density at radius 3 is 3.15 bits per heavy atom. The molecule has 5 heteroatoms. The van der Waals surface area contributed by atoms with Gasteiger partial charge in [0.1, 0.15) is 5.75 Å². The number of fused-ring (bicyclic) bond motifs is 1. The van der Waals surface area contributed by atoms with Crippen LogP contribution in [0.2, 0.25) is 0 Å². The number of nitrogens with zero attached hydrogens (tertiary/aromatic N) is 2. The molecule has 1 unspecified atom stereocenters. The first kappa shape index (κ1) is 13.1. The summed E-state index contributed by atoms with van der Waals surface area (Å²) < 4.78 is 6.89. The largest absolute Gasteiger partial charge is 0.497 e. The number of piperidine rings is 1. The average Bonchev–Trinajstić information content (AvgIpc) is 2.51. The molecule has 3 rings (SSSR count). The van der Waals surface area contributed by atoms with E-state index in [1.807, 2.05) is 0 Å². The fourth-order valence-electron chi connectivity index (χ4n) is 2.75. The Bertz CT molecular complexity index is 660. The third kappa shape index (κ3) is 2.54. The van der Waals surface area contributed by atoms with E-state index in [4.69, 9.17) is 4.74 Å². The highest BCUT2D eigenvalue weighted by molar-refractivity contribution is 5.78. The molecule has 5 nitrogen and oxygen atoms in total. The predicted molar refractivity (Wildman–Crippen MR) is 78.1 cm³/mol. The van der Waals surface area contributed by atoms with Gasteiger partial charge in [-0.05, 0) is 44.0 Å². The Kier molecular flexibility index (Phi) is 3.69. The number of ether oxygens (including phenoxy) is 1. The second-order valence-corrected chi connectivity index (χ2v) is 5.30. The van der Waals surface area contributed by atoms with Crippen molar-refractivity contribution >= 4 is 10.9 Å². The van der Waals surface area contributed by atoms with Gasteiger partial charge in [-0.1, -0.05) is 0 Å². The topological polar surface area (TPSA) is 56.1 Å². The molecule has 1 aliphatic heterocycles. The standard InChI is InChI=1S/C15H19N3O2/c1-20-12-4-5-13-14(7-12)17-10-18(15(13)19)9-11-3-2-6-16-8-11/h4-5,7,10-11,16H,2-3,6,8-9H2,1H3. The summed E-state index contributed by atoms with van der Waals surface area (Å²) in [6, 6.07) is 5.39. The van der Waals surface area contributed by atoms with Crippen molar-refractivity contribution < 1.29 is 4.74 Å². The Morgan fingerprint density at radius 1 is 1.50 bits per heavy atom. The molecule has 0 amide bonds. The monoisotopic (exact) mass is 273 g/mol. The molecule has 1 aromatic heterocycles. The van der Waals surface area contributed by atoms with Gasteiger partial charge < -0.3 is 10.1 Å². The van der Waals surface area contributed by atoms with Crippen molar-refractivity contribution in [3.05, 3.63) is 34.9 Å². The summed E-state index contributed by atoms with van der Waals surface area (Å²) in [5.41, 5.74) is 0.718. The van der Waals surface area contributed by atoms with Crippen LogP contribution in [-0.2, 0) is 6.54 Å². The van der Waals surface area contributed by atoms with Crippen molar-refractivity contribution in [3.8, 4) is 5.75 Å². The van der Waals surface area contributed by atoms with Gasteiger partial charge in [0.05, 0.1) is 24.3 Å². The van der Waals surface area contributed by atoms with Crippen LogP contribution in [0.4, 0.5) is 0 Å². The summed E-state index contributed by atoms with van der Waals surface area (Å²) in [4.78, 5) is 16.8. The van der Waals surface area contributed by atoms with E-state index in [0.717, 1.165) is 25.4 Å². The summed E-state index contributed by atoms with van der Waals surface area (Å²) in [5, 5.41) is 4.02. The van der Waals surface area contributed by atoms with Gasteiger partial charge in [0, 0.05) is 12.6 Å². The van der Waals surface area contributed by atoms with E-state index in [9.17, 15) is 4.79 Å². The van der Waals surface area contributed by atoms with Crippen LogP contribution >= 0.6 is 0 Å². The normalized spacial score (nSPS) is 19.1. The summed E-state index contributed by atoms with van der Waals surface area (Å²) in [7, 11) is 1.61. The lowest BCUT2D eigenvalue weighted by molar-refractivity contribution is 0.333. The predicted octanol–water partition coefficient (Wildman–Crippen LogP) is 1.40. The quantitative estimate of drug-likeness (QED) is 0.918. The molecular weight excluding hydrogens is 254 g/mol. The van der Waals surface area contributed by atoms with Gasteiger partial charge >= 0.3 is 0 Å². The lowest BCUT2D eigenvalue weighted by Crippen LogP contribution is -2.34. The van der Waals surface area contributed by atoms with Crippen molar-refractivity contribution in [1.29, 1.82) is 0 Å². The van der Waals surface area contributed by atoms with Crippen molar-refractivity contribution in [3.63, 3.8) is 0 Å². The second-order valence-electron chi connectivity index (χ2n) is 5.30. The van der Waals surface area contributed by atoms with Crippen LogP contribution in [0, 0.1) is 5.92 Å². The minimum atomic E-state index is 0.0308. The third-order valence-corrected chi connectivity index (χ3v) is 3.89. The number of aromatic nitrogens is 2. The molecule has 0 saturated carbocycles. The molecule has 0 bridgehead atoms. The number of methoxy groups -OCH3 is 1. The molecule has 106 valence electrons. The van der Waals surface area contributed by atoms with E-state index < -0.39 is 0 Å². The zero-order valence-electron chi connectivity index (χ0n) is 11.6. The lowest BCUT2D eigenvalue weighted by atomic mass is 10.00. The zero-order valence-corrected chi connectivity index (χ0v) is 11.6. The highest BCUT2D eigenvalue weighted by atomic mass is 16.5. The fraction of sp³-hybridized carbons (Fsp3) is 0.467. The van der Waals surface area contributed by atoms with Gasteiger partial charge in [0.15, 0.2) is 0 Å². The summed E-state index contributed by atoms with van der Waals surface area (Å²) in [6.45, 7) is 2.80. The zero-order chi connectivity index (χ0) is 13.9.